The molecule has 7 nitrogen and oxygen atoms in total. The monoisotopic (exact) mass is 371 g/mol. The van der Waals surface area contributed by atoms with E-state index in [9.17, 15) is 4.79 Å². The molecule has 0 unspecified atom stereocenters. The molecule has 2 aromatic heterocycles. The van der Waals surface area contributed by atoms with E-state index in [0.717, 1.165) is 10.6 Å². The Morgan fingerprint density at radius 2 is 1.88 bits per heavy atom. The molecule has 0 amide bonds. The standard InChI is InChI=1S/C18H17N3O4S/c1-3-24-14-6-5-11(9-15(14)25-4-2)17-21-13(10-26-17)16-19-8-7-12(20-16)18(22)23/h5-10H,3-4H2,1-2H3,(H,22,23). The van der Waals surface area contributed by atoms with Crippen molar-refractivity contribution >= 4 is 17.3 Å². The number of ether oxygens (including phenoxy) is 2. The van der Waals surface area contributed by atoms with Crippen LogP contribution in [0.15, 0.2) is 35.8 Å². The highest BCUT2D eigenvalue weighted by Gasteiger charge is 2.14. The van der Waals surface area contributed by atoms with E-state index >= 15 is 0 Å². The number of rotatable bonds is 7. The van der Waals surface area contributed by atoms with E-state index in [1.54, 1.807) is 5.38 Å². The van der Waals surface area contributed by atoms with E-state index in [1.807, 2.05) is 32.0 Å². The largest absolute Gasteiger partial charge is 0.490 e. The van der Waals surface area contributed by atoms with Crippen molar-refractivity contribution in [2.45, 2.75) is 13.8 Å². The van der Waals surface area contributed by atoms with Crippen LogP contribution in [0.2, 0.25) is 0 Å². The summed E-state index contributed by atoms with van der Waals surface area (Å²) >= 11 is 1.42. The number of thiazole rings is 1. The fourth-order valence-electron chi connectivity index (χ4n) is 2.29. The number of aromatic carboxylic acids is 1. The zero-order valence-electron chi connectivity index (χ0n) is 14.3. The zero-order valence-corrected chi connectivity index (χ0v) is 15.1. The molecular formula is C18H17N3O4S. The minimum absolute atomic E-state index is 0.0655. The zero-order chi connectivity index (χ0) is 18.5. The highest BCUT2D eigenvalue weighted by molar-refractivity contribution is 7.13. The van der Waals surface area contributed by atoms with Crippen LogP contribution in [-0.2, 0) is 0 Å². The van der Waals surface area contributed by atoms with Crippen molar-refractivity contribution in [3.05, 3.63) is 41.5 Å². The first-order valence-corrected chi connectivity index (χ1v) is 8.92. The van der Waals surface area contributed by atoms with Crippen LogP contribution in [-0.4, -0.2) is 39.2 Å². The van der Waals surface area contributed by atoms with Crippen molar-refractivity contribution in [1.82, 2.24) is 15.0 Å². The first-order chi connectivity index (χ1) is 12.6. The lowest BCUT2D eigenvalue weighted by atomic mass is 10.2. The third-order valence-electron chi connectivity index (χ3n) is 3.40. The van der Waals surface area contributed by atoms with Gasteiger partial charge in [0.05, 0.1) is 13.2 Å². The summed E-state index contributed by atoms with van der Waals surface area (Å²) in [5.41, 5.74) is 1.34. The van der Waals surface area contributed by atoms with Gasteiger partial charge in [0.2, 0.25) is 0 Å². The molecule has 0 saturated carbocycles. The molecule has 0 aliphatic heterocycles. The van der Waals surface area contributed by atoms with Crippen molar-refractivity contribution in [2.75, 3.05) is 13.2 Å². The fourth-order valence-corrected chi connectivity index (χ4v) is 3.09. The molecule has 0 radical (unpaired) electrons. The third-order valence-corrected chi connectivity index (χ3v) is 4.29. The normalized spacial score (nSPS) is 10.5. The second-order valence-corrected chi connectivity index (χ2v) is 5.99. The van der Waals surface area contributed by atoms with E-state index in [1.165, 1.54) is 23.6 Å². The number of hydrogen-bond acceptors (Lipinski definition) is 7. The van der Waals surface area contributed by atoms with Gasteiger partial charge < -0.3 is 14.6 Å². The molecule has 8 heteroatoms. The fraction of sp³-hybridized carbons (Fsp3) is 0.222. The van der Waals surface area contributed by atoms with Gasteiger partial charge in [0.25, 0.3) is 0 Å². The number of carboxylic acids is 1. The smallest absolute Gasteiger partial charge is 0.354 e. The van der Waals surface area contributed by atoms with E-state index < -0.39 is 5.97 Å². The van der Waals surface area contributed by atoms with Gasteiger partial charge in [-0.25, -0.2) is 19.7 Å². The molecule has 1 aromatic carbocycles. The lowest BCUT2D eigenvalue weighted by Gasteiger charge is -2.11. The molecule has 134 valence electrons. The maximum absolute atomic E-state index is 11.1. The van der Waals surface area contributed by atoms with Gasteiger partial charge in [0, 0.05) is 17.1 Å². The van der Waals surface area contributed by atoms with Crippen LogP contribution in [0.5, 0.6) is 11.5 Å². The van der Waals surface area contributed by atoms with Crippen molar-refractivity contribution < 1.29 is 19.4 Å². The highest BCUT2D eigenvalue weighted by atomic mass is 32.1. The molecule has 0 fully saturated rings. The van der Waals surface area contributed by atoms with Crippen LogP contribution in [0.3, 0.4) is 0 Å². The molecule has 1 N–H and O–H groups in total. The predicted molar refractivity (Wildman–Crippen MR) is 97.9 cm³/mol. The Bertz CT molecular complexity index is 926. The second-order valence-electron chi connectivity index (χ2n) is 5.14. The number of carboxylic acid groups (broad SMARTS) is 1. The lowest BCUT2D eigenvalue weighted by molar-refractivity contribution is 0.0690. The van der Waals surface area contributed by atoms with Crippen molar-refractivity contribution in [3.63, 3.8) is 0 Å². The van der Waals surface area contributed by atoms with Gasteiger partial charge in [-0.1, -0.05) is 0 Å². The quantitative estimate of drug-likeness (QED) is 0.675. The minimum Gasteiger partial charge on any atom is -0.490 e. The highest BCUT2D eigenvalue weighted by Crippen LogP contribution is 2.35. The van der Waals surface area contributed by atoms with Crippen LogP contribution in [0.1, 0.15) is 24.3 Å². The maximum Gasteiger partial charge on any atom is 0.354 e. The van der Waals surface area contributed by atoms with E-state index in [-0.39, 0.29) is 11.5 Å². The summed E-state index contributed by atoms with van der Waals surface area (Å²) in [5, 5.41) is 11.6. The number of nitrogens with zero attached hydrogens (tertiary/aromatic N) is 3. The van der Waals surface area contributed by atoms with E-state index in [2.05, 4.69) is 15.0 Å². The van der Waals surface area contributed by atoms with Crippen molar-refractivity contribution in [1.29, 1.82) is 0 Å². The Morgan fingerprint density at radius 3 is 2.62 bits per heavy atom. The van der Waals surface area contributed by atoms with Gasteiger partial charge >= 0.3 is 5.97 Å². The van der Waals surface area contributed by atoms with Gasteiger partial charge in [-0.05, 0) is 38.1 Å². The van der Waals surface area contributed by atoms with Crippen LogP contribution in [0.4, 0.5) is 0 Å². The summed E-state index contributed by atoms with van der Waals surface area (Å²) < 4.78 is 11.2. The Hall–Kier alpha value is -3.00. The molecule has 3 aromatic rings. The second kappa shape index (κ2) is 7.92. The SMILES string of the molecule is CCOc1ccc(-c2nc(-c3nccc(C(=O)O)n3)cs2)cc1OCC. The summed E-state index contributed by atoms with van der Waals surface area (Å²) in [5.74, 6) is 0.528. The lowest BCUT2D eigenvalue weighted by Crippen LogP contribution is -2.02. The first kappa shape index (κ1) is 17.8. The molecule has 2 heterocycles. The summed E-state index contributed by atoms with van der Waals surface area (Å²) in [6.45, 7) is 4.92. The summed E-state index contributed by atoms with van der Waals surface area (Å²) in [7, 11) is 0. The average Bonchev–Trinajstić information content (AvgIpc) is 3.14. The molecule has 0 saturated heterocycles. The summed E-state index contributed by atoms with van der Waals surface area (Å²) in [6, 6.07) is 6.99. The summed E-state index contributed by atoms with van der Waals surface area (Å²) in [4.78, 5) is 23.7. The molecule has 0 bridgehead atoms. The van der Waals surface area contributed by atoms with Gasteiger partial charge in [-0.2, -0.15) is 0 Å². The Kier molecular flexibility index (Phi) is 5.43. The van der Waals surface area contributed by atoms with E-state index in [4.69, 9.17) is 14.6 Å². The van der Waals surface area contributed by atoms with Gasteiger partial charge in [0.1, 0.15) is 10.7 Å². The van der Waals surface area contributed by atoms with Crippen LogP contribution in [0.25, 0.3) is 22.1 Å². The maximum atomic E-state index is 11.1. The van der Waals surface area contributed by atoms with Crippen molar-refractivity contribution in [3.8, 4) is 33.6 Å². The van der Waals surface area contributed by atoms with Crippen molar-refractivity contribution in [2.24, 2.45) is 0 Å². The number of hydrogen-bond donors (Lipinski definition) is 1. The molecular weight excluding hydrogens is 354 g/mol. The summed E-state index contributed by atoms with van der Waals surface area (Å²) in [6.07, 6.45) is 1.41. The topological polar surface area (TPSA) is 94.4 Å². The molecule has 0 aliphatic rings. The molecule has 26 heavy (non-hydrogen) atoms. The Morgan fingerprint density at radius 1 is 1.12 bits per heavy atom. The van der Waals surface area contributed by atoms with Gasteiger partial charge in [-0.3, -0.25) is 0 Å². The number of benzene rings is 1. The predicted octanol–water partition coefficient (Wildman–Crippen LogP) is 3.76. The molecule has 0 spiro atoms. The van der Waals surface area contributed by atoms with Gasteiger partial charge in [0.15, 0.2) is 23.0 Å². The van der Waals surface area contributed by atoms with E-state index in [0.29, 0.717) is 30.4 Å². The minimum atomic E-state index is -1.10. The molecule has 3 rings (SSSR count). The van der Waals surface area contributed by atoms with Crippen LogP contribution in [0, 0.1) is 0 Å². The Balaban J connectivity index is 1.93. The molecule has 0 atom stereocenters. The van der Waals surface area contributed by atoms with Crippen LogP contribution < -0.4 is 9.47 Å². The number of carbonyl (C=O) groups is 1. The van der Waals surface area contributed by atoms with Crippen LogP contribution >= 0.6 is 11.3 Å². The Labute approximate surface area is 154 Å². The molecule has 0 aliphatic carbocycles. The first-order valence-electron chi connectivity index (χ1n) is 8.04. The average molecular weight is 371 g/mol. The van der Waals surface area contributed by atoms with Gasteiger partial charge in [-0.15, -0.1) is 11.3 Å². The third kappa shape index (κ3) is 3.80. The number of aromatic nitrogens is 3.